The van der Waals surface area contributed by atoms with Crippen LogP contribution in [0.25, 0.3) is 5.69 Å². The SMILES string of the molecule is CC1(C)Cc2c(cnn2-c2cccc(F)c2)C(NC2CCN(Cc3ccccn3)CC2)C1. The average Bonchev–Trinajstić information content (AvgIpc) is 3.19. The van der Waals surface area contributed by atoms with E-state index in [1.165, 1.54) is 17.3 Å². The van der Waals surface area contributed by atoms with Crippen molar-refractivity contribution in [2.24, 2.45) is 5.41 Å². The Morgan fingerprint density at radius 1 is 1.12 bits per heavy atom. The van der Waals surface area contributed by atoms with Gasteiger partial charge in [-0.2, -0.15) is 5.10 Å². The first-order valence-corrected chi connectivity index (χ1v) is 11.7. The van der Waals surface area contributed by atoms with Crippen LogP contribution < -0.4 is 5.32 Å². The molecule has 5 nitrogen and oxygen atoms in total. The van der Waals surface area contributed by atoms with Crippen molar-refractivity contribution < 1.29 is 4.39 Å². The zero-order valence-corrected chi connectivity index (χ0v) is 19.0. The van der Waals surface area contributed by atoms with Crippen molar-refractivity contribution >= 4 is 0 Å². The molecule has 1 atom stereocenters. The molecular formula is C26H32FN5. The highest BCUT2D eigenvalue weighted by Gasteiger charge is 2.36. The lowest BCUT2D eigenvalue weighted by atomic mass is 9.74. The molecule has 6 heteroatoms. The summed E-state index contributed by atoms with van der Waals surface area (Å²) in [7, 11) is 0. The first-order valence-electron chi connectivity index (χ1n) is 11.7. The molecular weight excluding hydrogens is 401 g/mol. The largest absolute Gasteiger partial charge is 0.307 e. The maximum Gasteiger partial charge on any atom is 0.125 e. The van der Waals surface area contributed by atoms with Crippen LogP contribution in [0.4, 0.5) is 4.39 Å². The standard InChI is InChI=1S/C26H32FN5/c1-26(2)15-24(23-17-29-32(25(23)16-26)22-8-5-6-19(27)14-22)30-20-9-12-31(13-10-20)18-21-7-3-4-11-28-21/h3-8,11,14,17,20,24,30H,9-10,12-13,15-16,18H2,1-2H3. The van der Waals surface area contributed by atoms with Gasteiger partial charge in [0.25, 0.3) is 0 Å². The Hall–Kier alpha value is -2.57. The van der Waals surface area contributed by atoms with Crippen LogP contribution in [-0.4, -0.2) is 38.8 Å². The fourth-order valence-electron chi connectivity index (χ4n) is 5.28. The lowest BCUT2D eigenvalue weighted by Crippen LogP contribution is -2.45. The van der Waals surface area contributed by atoms with E-state index in [-0.39, 0.29) is 17.3 Å². The van der Waals surface area contributed by atoms with E-state index in [1.54, 1.807) is 12.1 Å². The molecule has 2 aliphatic rings. The normalized spacial score (nSPS) is 21.4. The summed E-state index contributed by atoms with van der Waals surface area (Å²) in [6.45, 7) is 7.74. The molecule has 2 aromatic heterocycles. The molecule has 1 aliphatic carbocycles. The van der Waals surface area contributed by atoms with Gasteiger partial charge in [-0.3, -0.25) is 9.88 Å². The number of fused-ring (bicyclic) bond motifs is 1. The molecule has 1 fully saturated rings. The van der Waals surface area contributed by atoms with Crippen LogP contribution in [0.3, 0.4) is 0 Å². The summed E-state index contributed by atoms with van der Waals surface area (Å²) in [5.41, 5.74) is 4.57. The van der Waals surface area contributed by atoms with E-state index in [9.17, 15) is 4.39 Å². The number of piperidine rings is 1. The van der Waals surface area contributed by atoms with Crippen LogP contribution in [-0.2, 0) is 13.0 Å². The van der Waals surface area contributed by atoms with Crippen LogP contribution in [0, 0.1) is 11.2 Å². The van der Waals surface area contributed by atoms with E-state index in [4.69, 9.17) is 0 Å². The van der Waals surface area contributed by atoms with Gasteiger partial charge in [-0.05, 0) is 61.4 Å². The lowest BCUT2D eigenvalue weighted by Gasteiger charge is -2.40. The molecule has 1 saturated heterocycles. The number of nitrogens with one attached hydrogen (secondary N) is 1. The van der Waals surface area contributed by atoms with Crippen molar-refractivity contribution in [3.63, 3.8) is 0 Å². The summed E-state index contributed by atoms with van der Waals surface area (Å²) in [5, 5.41) is 8.63. The molecule has 0 saturated carbocycles. The summed E-state index contributed by atoms with van der Waals surface area (Å²) in [4.78, 5) is 6.97. The minimum atomic E-state index is -0.228. The van der Waals surface area contributed by atoms with E-state index in [0.29, 0.717) is 6.04 Å². The average molecular weight is 434 g/mol. The molecule has 1 aliphatic heterocycles. The van der Waals surface area contributed by atoms with Gasteiger partial charge in [0.05, 0.1) is 17.6 Å². The van der Waals surface area contributed by atoms with Gasteiger partial charge in [0.15, 0.2) is 0 Å². The molecule has 1 N–H and O–H groups in total. The van der Waals surface area contributed by atoms with Crippen molar-refractivity contribution in [3.05, 3.63) is 77.6 Å². The summed E-state index contributed by atoms with van der Waals surface area (Å²) < 4.78 is 15.8. The number of halogens is 1. The summed E-state index contributed by atoms with van der Waals surface area (Å²) >= 11 is 0. The number of nitrogens with zero attached hydrogens (tertiary/aromatic N) is 4. The number of benzene rings is 1. The molecule has 0 radical (unpaired) electrons. The minimum absolute atomic E-state index is 0.162. The number of hydrogen-bond donors (Lipinski definition) is 1. The summed E-state index contributed by atoms with van der Waals surface area (Å²) in [6, 6.07) is 13.6. The third-order valence-electron chi connectivity index (χ3n) is 6.87. The van der Waals surface area contributed by atoms with Crippen molar-refractivity contribution in [2.75, 3.05) is 13.1 Å². The van der Waals surface area contributed by atoms with E-state index in [2.05, 4.69) is 46.3 Å². The number of aromatic nitrogens is 3. The molecule has 1 unspecified atom stereocenters. The monoisotopic (exact) mass is 433 g/mol. The lowest BCUT2D eigenvalue weighted by molar-refractivity contribution is 0.167. The maximum absolute atomic E-state index is 13.8. The molecule has 168 valence electrons. The minimum Gasteiger partial charge on any atom is -0.307 e. The van der Waals surface area contributed by atoms with Crippen LogP contribution in [0.5, 0.6) is 0 Å². The Kier molecular flexibility index (Phi) is 5.82. The quantitative estimate of drug-likeness (QED) is 0.635. The first kappa shape index (κ1) is 21.3. The smallest absolute Gasteiger partial charge is 0.125 e. The van der Waals surface area contributed by atoms with Gasteiger partial charge < -0.3 is 5.32 Å². The molecule has 5 rings (SSSR count). The number of pyridine rings is 1. The second-order valence-corrected chi connectivity index (χ2v) is 10.1. The number of rotatable bonds is 5. The third-order valence-corrected chi connectivity index (χ3v) is 6.87. The van der Waals surface area contributed by atoms with Crippen molar-refractivity contribution in [3.8, 4) is 5.69 Å². The molecule has 32 heavy (non-hydrogen) atoms. The Balaban J connectivity index is 1.28. The Labute approximate surface area is 189 Å². The van der Waals surface area contributed by atoms with Crippen molar-refractivity contribution in [1.82, 2.24) is 25.0 Å². The molecule has 0 bridgehead atoms. The van der Waals surface area contributed by atoms with E-state index >= 15 is 0 Å². The number of hydrogen-bond acceptors (Lipinski definition) is 4. The molecule has 0 amide bonds. The second-order valence-electron chi connectivity index (χ2n) is 10.1. The van der Waals surface area contributed by atoms with Gasteiger partial charge in [-0.15, -0.1) is 0 Å². The molecule has 1 aromatic carbocycles. The Bertz CT molecular complexity index is 1050. The predicted molar refractivity (Wildman–Crippen MR) is 124 cm³/mol. The maximum atomic E-state index is 13.8. The third kappa shape index (κ3) is 4.62. The highest BCUT2D eigenvalue weighted by molar-refractivity contribution is 5.38. The zero-order chi connectivity index (χ0) is 22.1. The van der Waals surface area contributed by atoms with Gasteiger partial charge in [0.1, 0.15) is 5.82 Å². The highest BCUT2D eigenvalue weighted by atomic mass is 19.1. The van der Waals surface area contributed by atoms with E-state index in [1.807, 2.05) is 29.2 Å². The first-order chi connectivity index (χ1) is 15.5. The predicted octanol–water partition coefficient (Wildman–Crippen LogP) is 4.67. The van der Waals surface area contributed by atoms with Gasteiger partial charge >= 0.3 is 0 Å². The zero-order valence-electron chi connectivity index (χ0n) is 19.0. The summed E-state index contributed by atoms with van der Waals surface area (Å²) in [6.07, 6.45) is 8.16. The fourth-order valence-corrected chi connectivity index (χ4v) is 5.28. The molecule has 3 heterocycles. The van der Waals surface area contributed by atoms with Gasteiger partial charge in [0.2, 0.25) is 0 Å². The van der Waals surface area contributed by atoms with Crippen LogP contribution in [0.1, 0.15) is 56.1 Å². The van der Waals surface area contributed by atoms with Crippen molar-refractivity contribution in [1.29, 1.82) is 0 Å². The van der Waals surface area contributed by atoms with Gasteiger partial charge in [-0.1, -0.05) is 26.0 Å². The Morgan fingerprint density at radius 2 is 1.97 bits per heavy atom. The Morgan fingerprint density at radius 3 is 2.72 bits per heavy atom. The van der Waals surface area contributed by atoms with Crippen LogP contribution >= 0.6 is 0 Å². The summed E-state index contributed by atoms with van der Waals surface area (Å²) in [5.74, 6) is -0.228. The topological polar surface area (TPSA) is 46.0 Å². The van der Waals surface area contributed by atoms with Crippen LogP contribution in [0.2, 0.25) is 0 Å². The second kappa shape index (κ2) is 8.75. The van der Waals surface area contributed by atoms with Crippen molar-refractivity contribution in [2.45, 2.75) is 58.2 Å². The van der Waals surface area contributed by atoms with Gasteiger partial charge in [0, 0.05) is 49.2 Å². The molecule has 3 aromatic rings. The highest BCUT2D eigenvalue weighted by Crippen LogP contribution is 2.42. The molecule has 0 spiro atoms. The van der Waals surface area contributed by atoms with Crippen LogP contribution in [0.15, 0.2) is 54.9 Å². The number of likely N-dealkylation sites (tertiary alicyclic amines) is 1. The fraction of sp³-hybridized carbons (Fsp3) is 0.462. The van der Waals surface area contributed by atoms with E-state index in [0.717, 1.165) is 56.7 Å². The van der Waals surface area contributed by atoms with E-state index < -0.39 is 0 Å². The van der Waals surface area contributed by atoms with Gasteiger partial charge in [-0.25, -0.2) is 9.07 Å².